The van der Waals surface area contributed by atoms with Crippen molar-refractivity contribution in [2.24, 2.45) is 0 Å². The van der Waals surface area contributed by atoms with Crippen LogP contribution >= 0.6 is 11.3 Å². The second-order valence-corrected chi connectivity index (χ2v) is 6.57. The summed E-state index contributed by atoms with van der Waals surface area (Å²) in [6.45, 7) is 2.01. The largest absolute Gasteiger partial charge is 0.322 e. The molecule has 0 spiro atoms. The summed E-state index contributed by atoms with van der Waals surface area (Å²) >= 11 is 1.45. The van der Waals surface area contributed by atoms with Gasteiger partial charge in [-0.3, -0.25) is 4.79 Å². The lowest BCUT2D eigenvalue weighted by atomic mass is 10.2. The topological polar surface area (TPSA) is 72.2 Å². The molecule has 4 aromatic rings. The molecule has 4 rings (SSSR count). The molecule has 0 radical (unpaired) electrons. The minimum atomic E-state index is -0.442. The van der Waals surface area contributed by atoms with Crippen molar-refractivity contribution >= 4 is 27.9 Å². The van der Waals surface area contributed by atoms with Gasteiger partial charge in [-0.1, -0.05) is 24.3 Å². The molecule has 0 saturated heterocycles. The van der Waals surface area contributed by atoms with E-state index in [9.17, 15) is 9.18 Å². The maximum atomic E-state index is 13.2. The molecule has 0 aliphatic heterocycles. The first-order valence-corrected chi connectivity index (χ1v) is 8.84. The highest BCUT2D eigenvalue weighted by Gasteiger charge is 2.12. The van der Waals surface area contributed by atoms with Gasteiger partial charge in [-0.05, 0) is 42.5 Å². The summed E-state index contributed by atoms with van der Waals surface area (Å²) in [6.07, 6.45) is 0.759. The minimum absolute atomic E-state index is 0.273. The number of aromatic nitrogens is 4. The quantitative estimate of drug-likeness (QED) is 0.595. The maximum Gasteiger partial charge on any atom is 0.255 e. The number of amides is 1. The predicted octanol–water partition coefficient (Wildman–Crippen LogP) is 3.81. The van der Waals surface area contributed by atoms with Crippen LogP contribution in [0, 0.1) is 5.82 Å². The summed E-state index contributed by atoms with van der Waals surface area (Å²) in [5, 5.41) is 16.3. The molecular weight excluding hydrogens is 353 g/mol. The first kappa shape index (κ1) is 16.3. The standard InChI is InChI=1S/C18H14FN5OS/c1-2-15-21-22-18-24(15)23-17(26-18)11-6-8-14(9-7-11)20-16(25)12-4-3-5-13(19)10-12/h3-10H,2H2,1H3,(H,20,25). The van der Waals surface area contributed by atoms with Crippen molar-refractivity contribution in [3.8, 4) is 10.6 Å². The third-order valence-electron chi connectivity index (χ3n) is 3.85. The zero-order chi connectivity index (χ0) is 18.1. The average Bonchev–Trinajstić information content (AvgIpc) is 3.23. The summed E-state index contributed by atoms with van der Waals surface area (Å²) in [4.78, 5) is 12.9. The van der Waals surface area contributed by atoms with Crippen LogP contribution in [-0.4, -0.2) is 25.7 Å². The number of anilines is 1. The second-order valence-electron chi connectivity index (χ2n) is 5.61. The van der Waals surface area contributed by atoms with Gasteiger partial charge in [0.15, 0.2) is 5.82 Å². The van der Waals surface area contributed by atoms with E-state index in [1.807, 2.05) is 19.1 Å². The fourth-order valence-corrected chi connectivity index (χ4v) is 3.39. The fraction of sp³-hybridized carbons (Fsp3) is 0.111. The number of carbonyl (C=O) groups excluding carboxylic acids is 1. The van der Waals surface area contributed by atoms with Crippen molar-refractivity contribution in [2.45, 2.75) is 13.3 Å². The highest BCUT2D eigenvalue weighted by atomic mass is 32.1. The van der Waals surface area contributed by atoms with Gasteiger partial charge >= 0.3 is 0 Å². The molecule has 2 heterocycles. The van der Waals surface area contributed by atoms with E-state index in [0.29, 0.717) is 5.69 Å². The molecule has 1 N–H and O–H groups in total. The third-order valence-corrected chi connectivity index (χ3v) is 4.80. The van der Waals surface area contributed by atoms with E-state index < -0.39 is 5.82 Å². The van der Waals surface area contributed by atoms with Crippen molar-refractivity contribution < 1.29 is 9.18 Å². The third kappa shape index (κ3) is 3.06. The summed E-state index contributed by atoms with van der Waals surface area (Å²) in [5.74, 6) is 0.0211. The van der Waals surface area contributed by atoms with Crippen LogP contribution in [0.25, 0.3) is 15.5 Å². The molecule has 6 nitrogen and oxygen atoms in total. The summed E-state index contributed by atoms with van der Waals surface area (Å²) in [5.41, 5.74) is 1.82. The molecule has 130 valence electrons. The number of aryl methyl sites for hydroxylation is 1. The number of hydrogen-bond acceptors (Lipinski definition) is 5. The van der Waals surface area contributed by atoms with Crippen molar-refractivity contribution in [1.29, 1.82) is 0 Å². The Bertz CT molecular complexity index is 1090. The van der Waals surface area contributed by atoms with E-state index in [4.69, 9.17) is 0 Å². The summed E-state index contributed by atoms with van der Waals surface area (Å²) in [7, 11) is 0. The molecule has 0 saturated carbocycles. The number of nitrogens with zero attached hydrogens (tertiary/aromatic N) is 4. The van der Waals surface area contributed by atoms with E-state index in [2.05, 4.69) is 20.6 Å². The lowest BCUT2D eigenvalue weighted by molar-refractivity contribution is 0.102. The minimum Gasteiger partial charge on any atom is -0.322 e. The van der Waals surface area contributed by atoms with E-state index >= 15 is 0 Å². The van der Waals surface area contributed by atoms with Gasteiger partial charge in [-0.25, -0.2) is 4.39 Å². The molecule has 0 bridgehead atoms. The predicted molar refractivity (Wildman–Crippen MR) is 97.8 cm³/mol. The average molecular weight is 367 g/mol. The smallest absolute Gasteiger partial charge is 0.255 e. The van der Waals surface area contributed by atoms with Gasteiger partial charge in [0.2, 0.25) is 4.96 Å². The van der Waals surface area contributed by atoms with Gasteiger partial charge in [-0.15, -0.1) is 10.2 Å². The van der Waals surface area contributed by atoms with Crippen molar-refractivity contribution in [1.82, 2.24) is 19.8 Å². The van der Waals surface area contributed by atoms with Crippen LogP contribution in [0.3, 0.4) is 0 Å². The van der Waals surface area contributed by atoms with Gasteiger partial charge in [0, 0.05) is 23.2 Å². The number of nitrogens with one attached hydrogen (secondary N) is 1. The van der Waals surface area contributed by atoms with Crippen LogP contribution in [0.15, 0.2) is 48.5 Å². The Kier molecular flexibility index (Phi) is 4.18. The Morgan fingerprint density at radius 3 is 2.73 bits per heavy atom. The SMILES string of the molecule is CCc1nnc2sc(-c3ccc(NC(=O)c4cccc(F)c4)cc3)nn12. The molecule has 1 amide bonds. The zero-order valence-corrected chi connectivity index (χ0v) is 14.6. The molecular formula is C18H14FN5OS. The van der Waals surface area contributed by atoms with E-state index in [-0.39, 0.29) is 11.5 Å². The van der Waals surface area contributed by atoms with Gasteiger partial charge in [0.25, 0.3) is 5.91 Å². The first-order chi connectivity index (χ1) is 12.6. The molecule has 0 atom stereocenters. The van der Waals surface area contributed by atoms with Crippen molar-refractivity contribution in [3.05, 3.63) is 65.7 Å². The van der Waals surface area contributed by atoms with Crippen LogP contribution in [0.5, 0.6) is 0 Å². The number of carbonyl (C=O) groups is 1. The van der Waals surface area contributed by atoms with Gasteiger partial charge in [0.05, 0.1) is 0 Å². The van der Waals surface area contributed by atoms with Gasteiger partial charge < -0.3 is 5.32 Å². The second kappa shape index (κ2) is 6.64. The van der Waals surface area contributed by atoms with Crippen LogP contribution in [-0.2, 0) is 6.42 Å². The molecule has 8 heteroatoms. The molecule has 0 aliphatic carbocycles. The number of fused-ring (bicyclic) bond motifs is 1. The Labute approximate surface area is 152 Å². The Hall–Kier alpha value is -3.13. The number of halogens is 1. The molecule has 0 unspecified atom stereocenters. The van der Waals surface area contributed by atoms with Crippen molar-refractivity contribution in [2.75, 3.05) is 5.32 Å². The van der Waals surface area contributed by atoms with E-state index in [1.165, 1.54) is 29.5 Å². The van der Waals surface area contributed by atoms with Gasteiger partial charge in [-0.2, -0.15) is 9.61 Å². The Morgan fingerprint density at radius 1 is 1.19 bits per heavy atom. The molecule has 2 aromatic carbocycles. The van der Waals surface area contributed by atoms with Crippen molar-refractivity contribution in [3.63, 3.8) is 0 Å². The van der Waals surface area contributed by atoms with Crippen LogP contribution < -0.4 is 5.32 Å². The molecule has 0 aliphatic rings. The number of hydrogen-bond donors (Lipinski definition) is 1. The summed E-state index contributed by atoms with van der Waals surface area (Å²) in [6, 6.07) is 12.9. The number of benzene rings is 2. The lowest BCUT2D eigenvalue weighted by Gasteiger charge is -2.06. The molecule has 2 aromatic heterocycles. The first-order valence-electron chi connectivity index (χ1n) is 8.02. The van der Waals surface area contributed by atoms with E-state index in [0.717, 1.165) is 27.8 Å². The Balaban J connectivity index is 1.54. The molecule has 0 fully saturated rings. The maximum absolute atomic E-state index is 13.2. The Morgan fingerprint density at radius 2 is 2.00 bits per heavy atom. The zero-order valence-electron chi connectivity index (χ0n) is 13.8. The highest BCUT2D eigenvalue weighted by molar-refractivity contribution is 7.19. The highest BCUT2D eigenvalue weighted by Crippen LogP contribution is 2.26. The number of rotatable bonds is 4. The lowest BCUT2D eigenvalue weighted by Crippen LogP contribution is -2.11. The monoisotopic (exact) mass is 367 g/mol. The van der Waals surface area contributed by atoms with Crippen LogP contribution in [0.2, 0.25) is 0 Å². The normalized spacial score (nSPS) is 11.0. The van der Waals surface area contributed by atoms with Crippen LogP contribution in [0.4, 0.5) is 10.1 Å². The van der Waals surface area contributed by atoms with Gasteiger partial charge in [0.1, 0.15) is 10.8 Å². The summed E-state index contributed by atoms with van der Waals surface area (Å²) < 4.78 is 15.0. The molecule has 26 heavy (non-hydrogen) atoms. The fourth-order valence-electron chi connectivity index (χ4n) is 2.52. The van der Waals surface area contributed by atoms with E-state index in [1.54, 1.807) is 22.7 Å². The van der Waals surface area contributed by atoms with Crippen LogP contribution in [0.1, 0.15) is 23.1 Å².